The molecule has 1 aliphatic rings. The highest BCUT2D eigenvalue weighted by Crippen LogP contribution is 2.16. The third-order valence-electron chi connectivity index (χ3n) is 2.97. The summed E-state index contributed by atoms with van der Waals surface area (Å²) in [6.07, 6.45) is 3.27. The highest BCUT2D eigenvalue weighted by molar-refractivity contribution is 5.92. The Morgan fingerprint density at radius 2 is 2.24 bits per heavy atom. The lowest BCUT2D eigenvalue weighted by atomic mass is 10.1. The molecule has 1 aromatic heterocycles. The number of hydrogen-bond acceptors (Lipinski definition) is 5. The first-order valence-electron chi connectivity index (χ1n) is 5.77. The molecule has 2 heterocycles. The summed E-state index contributed by atoms with van der Waals surface area (Å²) < 4.78 is 5.40. The van der Waals surface area contributed by atoms with Crippen LogP contribution in [0.3, 0.4) is 0 Å². The van der Waals surface area contributed by atoms with E-state index in [-0.39, 0.29) is 11.8 Å². The summed E-state index contributed by atoms with van der Waals surface area (Å²) >= 11 is 0. The minimum absolute atomic E-state index is 0.0138. The summed E-state index contributed by atoms with van der Waals surface area (Å²) in [4.78, 5) is 18.0. The maximum absolute atomic E-state index is 11.8. The predicted octanol–water partition coefficient (Wildman–Crippen LogP) is 0.915. The van der Waals surface area contributed by atoms with E-state index in [9.17, 15) is 4.79 Å². The van der Waals surface area contributed by atoms with Gasteiger partial charge in [0, 0.05) is 19.3 Å². The van der Waals surface area contributed by atoms with Crippen molar-refractivity contribution in [2.45, 2.75) is 18.9 Å². The Labute approximate surface area is 101 Å². The number of aromatic nitrogens is 1. The fourth-order valence-corrected chi connectivity index (χ4v) is 1.90. The molecule has 5 heteroatoms. The van der Waals surface area contributed by atoms with Crippen LogP contribution in [0.5, 0.6) is 0 Å². The molecule has 0 saturated carbocycles. The van der Waals surface area contributed by atoms with Crippen molar-refractivity contribution in [3.05, 3.63) is 24.0 Å². The number of carbonyl (C=O) groups is 1. The molecule has 1 aliphatic heterocycles. The van der Waals surface area contributed by atoms with E-state index in [2.05, 4.69) is 16.9 Å². The zero-order valence-electron chi connectivity index (χ0n) is 9.93. The molecule has 0 atom stereocenters. The number of pyridine rings is 1. The van der Waals surface area contributed by atoms with Crippen molar-refractivity contribution in [1.29, 1.82) is 0 Å². The molecular formula is C12H17N3O2. The molecule has 5 nitrogen and oxygen atoms in total. The van der Waals surface area contributed by atoms with Gasteiger partial charge in [0.2, 0.25) is 0 Å². The van der Waals surface area contributed by atoms with Gasteiger partial charge in [0.05, 0.1) is 5.69 Å². The normalized spacial score (nSPS) is 17.9. The molecule has 1 fully saturated rings. The van der Waals surface area contributed by atoms with Gasteiger partial charge in [0.25, 0.3) is 0 Å². The second kappa shape index (κ2) is 5.14. The number of nitrogens with zero attached hydrogens (tertiary/aromatic N) is 2. The molecule has 0 unspecified atom stereocenters. The monoisotopic (exact) mass is 235 g/mol. The van der Waals surface area contributed by atoms with Gasteiger partial charge in [-0.2, -0.15) is 0 Å². The van der Waals surface area contributed by atoms with Crippen LogP contribution in [-0.2, 0) is 4.74 Å². The van der Waals surface area contributed by atoms with Crippen LogP contribution in [0.1, 0.15) is 23.3 Å². The van der Waals surface area contributed by atoms with Crippen molar-refractivity contribution in [1.82, 2.24) is 9.88 Å². The Hall–Kier alpha value is -1.62. The largest absolute Gasteiger partial charge is 0.457 e. The first-order chi connectivity index (χ1) is 8.16. The van der Waals surface area contributed by atoms with Crippen molar-refractivity contribution < 1.29 is 9.53 Å². The molecule has 17 heavy (non-hydrogen) atoms. The van der Waals surface area contributed by atoms with Crippen LogP contribution in [0.15, 0.2) is 18.3 Å². The standard InChI is InChI=1S/C12H17N3O2/c1-15-7-4-9(5-8-15)17-12(16)11-10(13)3-2-6-14-11/h2-3,6,9H,4-5,7-8,13H2,1H3. The molecule has 2 rings (SSSR count). The number of esters is 1. The second-order valence-corrected chi connectivity index (χ2v) is 4.35. The van der Waals surface area contributed by atoms with Crippen LogP contribution in [0.2, 0.25) is 0 Å². The minimum atomic E-state index is -0.419. The number of nitrogens with two attached hydrogens (primary N) is 1. The molecule has 0 aromatic carbocycles. The van der Waals surface area contributed by atoms with Gasteiger partial charge in [0.15, 0.2) is 5.69 Å². The van der Waals surface area contributed by atoms with Crippen molar-refractivity contribution in [3.8, 4) is 0 Å². The van der Waals surface area contributed by atoms with Crippen LogP contribution in [0.4, 0.5) is 5.69 Å². The number of nitrogen functional groups attached to an aromatic ring is 1. The second-order valence-electron chi connectivity index (χ2n) is 4.35. The quantitative estimate of drug-likeness (QED) is 0.772. The molecule has 1 saturated heterocycles. The summed E-state index contributed by atoms with van der Waals surface area (Å²) in [5.41, 5.74) is 6.26. The molecule has 0 aliphatic carbocycles. The van der Waals surface area contributed by atoms with E-state index >= 15 is 0 Å². The number of carbonyl (C=O) groups excluding carboxylic acids is 1. The van der Waals surface area contributed by atoms with Gasteiger partial charge >= 0.3 is 5.97 Å². The van der Waals surface area contributed by atoms with Gasteiger partial charge in [-0.15, -0.1) is 0 Å². The number of likely N-dealkylation sites (tertiary alicyclic amines) is 1. The lowest BCUT2D eigenvalue weighted by molar-refractivity contribution is 0.0134. The summed E-state index contributed by atoms with van der Waals surface area (Å²) in [5, 5.41) is 0. The van der Waals surface area contributed by atoms with Crippen LogP contribution >= 0.6 is 0 Å². The van der Waals surface area contributed by atoms with Crippen molar-refractivity contribution in [2.75, 3.05) is 25.9 Å². The molecular weight excluding hydrogens is 218 g/mol. The highest BCUT2D eigenvalue weighted by atomic mass is 16.5. The third-order valence-corrected chi connectivity index (χ3v) is 2.97. The number of piperidine rings is 1. The summed E-state index contributed by atoms with van der Waals surface area (Å²) in [6.45, 7) is 1.91. The van der Waals surface area contributed by atoms with Gasteiger partial charge in [-0.25, -0.2) is 9.78 Å². The zero-order chi connectivity index (χ0) is 12.3. The van der Waals surface area contributed by atoms with Gasteiger partial charge in [-0.05, 0) is 32.0 Å². The van der Waals surface area contributed by atoms with Crippen molar-refractivity contribution >= 4 is 11.7 Å². The van der Waals surface area contributed by atoms with E-state index in [1.165, 1.54) is 0 Å². The smallest absolute Gasteiger partial charge is 0.359 e. The minimum Gasteiger partial charge on any atom is -0.457 e. The Balaban J connectivity index is 1.96. The zero-order valence-corrected chi connectivity index (χ0v) is 9.93. The Morgan fingerprint density at radius 3 is 2.88 bits per heavy atom. The number of hydrogen-bond donors (Lipinski definition) is 1. The fourth-order valence-electron chi connectivity index (χ4n) is 1.90. The van der Waals surface area contributed by atoms with E-state index in [0.29, 0.717) is 5.69 Å². The van der Waals surface area contributed by atoms with E-state index < -0.39 is 5.97 Å². The molecule has 0 bridgehead atoms. The Kier molecular flexibility index (Phi) is 3.58. The highest BCUT2D eigenvalue weighted by Gasteiger charge is 2.22. The fraction of sp³-hybridized carbons (Fsp3) is 0.500. The van der Waals surface area contributed by atoms with E-state index in [0.717, 1.165) is 25.9 Å². The molecule has 2 N–H and O–H groups in total. The van der Waals surface area contributed by atoms with E-state index in [1.807, 2.05) is 0 Å². The van der Waals surface area contributed by atoms with Crippen molar-refractivity contribution in [3.63, 3.8) is 0 Å². The molecule has 0 spiro atoms. The molecule has 0 radical (unpaired) electrons. The Bertz CT molecular complexity index is 400. The van der Waals surface area contributed by atoms with E-state index in [1.54, 1.807) is 18.3 Å². The van der Waals surface area contributed by atoms with Crippen LogP contribution in [0, 0.1) is 0 Å². The van der Waals surface area contributed by atoms with Gasteiger partial charge < -0.3 is 15.4 Å². The topological polar surface area (TPSA) is 68.5 Å². The first kappa shape index (κ1) is 11.9. The third kappa shape index (κ3) is 2.94. The number of anilines is 1. The predicted molar refractivity (Wildman–Crippen MR) is 64.6 cm³/mol. The maximum Gasteiger partial charge on any atom is 0.359 e. The van der Waals surface area contributed by atoms with Gasteiger partial charge in [-0.1, -0.05) is 0 Å². The van der Waals surface area contributed by atoms with Gasteiger partial charge in [0.1, 0.15) is 6.10 Å². The molecule has 92 valence electrons. The average Bonchev–Trinajstić information content (AvgIpc) is 2.32. The molecule has 0 amide bonds. The molecule has 1 aromatic rings. The number of ether oxygens (including phenoxy) is 1. The van der Waals surface area contributed by atoms with Crippen LogP contribution < -0.4 is 5.73 Å². The summed E-state index contributed by atoms with van der Waals surface area (Å²) in [6, 6.07) is 3.35. The van der Waals surface area contributed by atoms with Crippen molar-refractivity contribution in [2.24, 2.45) is 0 Å². The van der Waals surface area contributed by atoms with Crippen LogP contribution in [-0.4, -0.2) is 42.1 Å². The summed E-state index contributed by atoms with van der Waals surface area (Å²) in [7, 11) is 2.06. The SMILES string of the molecule is CN1CCC(OC(=O)c2ncccc2N)CC1. The average molecular weight is 235 g/mol. The first-order valence-corrected chi connectivity index (χ1v) is 5.77. The maximum atomic E-state index is 11.8. The summed E-state index contributed by atoms with van der Waals surface area (Å²) in [5.74, 6) is -0.419. The van der Waals surface area contributed by atoms with E-state index in [4.69, 9.17) is 10.5 Å². The van der Waals surface area contributed by atoms with Crippen LogP contribution in [0.25, 0.3) is 0 Å². The lowest BCUT2D eigenvalue weighted by Crippen LogP contribution is -2.35. The Morgan fingerprint density at radius 1 is 1.53 bits per heavy atom. The lowest BCUT2D eigenvalue weighted by Gasteiger charge is -2.28. The van der Waals surface area contributed by atoms with Gasteiger partial charge in [-0.3, -0.25) is 0 Å². The number of rotatable bonds is 2.